The fraction of sp³-hybridized carbons (Fsp3) is 1.00. The summed E-state index contributed by atoms with van der Waals surface area (Å²) in [6.07, 6.45) is 0.551. The molecular formula is C5H11NO3S. The number of likely N-dealkylation sites (tertiary alicyclic amines) is 1. The molecule has 1 saturated heterocycles. The van der Waals surface area contributed by atoms with Crippen LogP contribution in [0.15, 0.2) is 0 Å². The minimum Gasteiger partial charge on any atom is -0.305 e. The molecule has 0 aromatic heterocycles. The second-order valence-electron chi connectivity index (χ2n) is 2.69. The fourth-order valence-electron chi connectivity index (χ4n) is 1.14. The van der Waals surface area contributed by atoms with Gasteiger partial charge in [0, 0.05) is 6.54 Å². The molecule has 1 aliphatic rings. The van der Waals surface area contributed by atoms with Crippen molar-refractivity contribution in [1.82, 2.24) is 4.90 Å². The molecule has 0 aliphatic carbocycles. The average molecular weight is 165 g/mol. The van der Waals surface area contributed by atoms with Crippen LogP contribution >= 0.6 is 0 Å². The van der Waals surface area contributed by atoms with E-state index in [0.717, 1.165) is 6.54 Å². The predicted molar refractivity (Wildman–Crippen MR) is 37.5 cm³/mol. The van der Waals surface area contributed by atoms with Crippen molar-refractivity contribution in [2.75, 3.05) is 20.1 Å². The molecule has 0 bridgehead atoms. The molecule has 0 saturated carbocycles. The summed E-state index contributed by atoms with van der Waals surface area (Å²) in [6.45, 7) is 1.21. The van der Waals surface area contributed by atoms with Crippen LogP contribution in [0.5, 0.6) is 0 Å². The van der Waals surface area contributed by atoms with Gasteiger partial charge < -0.3 is 4.90 Å². The van der Waals surface area contributed by atoms with Crippen molar-refractivity contribution >= 4 is 10.1 Å². The van der Waals surface area contributed by atoms with Crippen LogP contribution in [-0.2, 0) is 10.1 Å². The Kier molecular flexibility index (Phi) is 1.98. The van der Waals surface area contributed by atoms with E-state index in [1.807, 2.05) is 11.9 Å². The molecule has 0 spiro atoms. The van der Waals surface area contributed by atoms with Crippen molar-refractivity contribution in [1.29, 1.82) is 0 Å². The minimum absolute atomic E-state index is 0.457. The second kappa shape index (κ2) is 2.48. The maximum absolute atomic E-state index is 10.5. The highest BCUT2D eigenvalue weighted by Gasteiger charge is 2.29. The Bertz CT molecular complexity index is 211. The summed E-state index contributed by atoms with van der Waals surface area (Å²) in [4.78, 5) is 1.89. The molecule has 1 N–H and O–H groups in total. The summed E-state index contributed by atoms with van der Waals surface area (Å²) in [5, 5.41) is -0.558. The van der Waals surface area contributed by atoms with E-state index in [9.17, 15) is 8.42 Å². The van der Waals surface area contributed by atoms with E-state index in [0.29, 0.717) is 13.0 Å². The summed E-state index contributed by atoms with van der Waals surface area (Å²) < 4.78 is 29.6. The lowest BCUT2D eigenvalue weighted by Gasteiger charge is -2.05. The zero-order valence-electron chi connectivity index (χ0n) is 5.82. The molecule has 5 heteroatoms. The van der Waals surface area contributed by atoms with Gasteiger partial charge in [0.25, 0.3) is 10.1 Å². The van der Waals surface area contributed by atoms with Crippen LogP contribution in [0.1, 0.15) is 6.42 Å². The summed E-state index contributed by atoms with van der Waals surface area (Å²) in [7, 11) is -1.94. The minimum atomic E-state index is -3.78. The highest BCUT2D eigenvalue weighted by molar-refractivity contribution is 7.86. The Morgan fingerprint density at radius 3 is 2.40 bits per heavy atom. The Morgan fingerprint density at radius 2 is 2.20 bits per heavy atom. The molecular weight excluding hydrogens is 154 g/mol. The quantitative estimate of drug-likeness (QED) is 0.536. The van der Waals surface area contributed by atoms with Gasteiger partial charge in [0.15, 0.2) is 0 Å². The normalized spacial score (nSPS) is 29.2. The Hall–Kier alpha value is -0.130. The van der Waals surface area contributed by atoms with Crippen molar-refractivity contribution in [3.8, 4) is 0 Å². The van der Waals surface area contributed by atoms with Crippen LogP contribution in [0.3, 0.4) is 0 Å². The molecule has 4 nitrogen and oxygen atoms in total. The highest BCUT2D eigenvalue weighted by Crippen LogP contribution is 2.13. The van der Waals surface area contributed by atoms with Crippen LogP contribution in [0.2, 0.25) is 0 Å². The van der Waals surface area contributed by atoms with Gasteiger partial charge in [-0.3, -0.25) is 4.55 Å². The lowest BCUT2D eigenvalue weighted by Crippen LogP contribution is -2.23. The smallest absolute Gasteiger partial charge is 0.269 e. The van der Waals surface area contributed by atoms with E-state index < -0.39 is 15.4 Å². The average Bonchev–Trinajstić information content (AvgIpc) is 2.11. The Morgan fingerprint density at radius 1 is 1.60 bits per heavy atom. The molecule has 0 aromatic rings. The number of rotatable bonds is 1. The maximum atomic E-state index is 10.5. The van der Waals surface area contributed by atoms with E-state index in [-0.39, 0.29) is 0 Å². The van der Waals surface area contributed by atoms with Crippen LogP contribution in [0.4, 0.5) is 0 Å². The molecule has 60 valence electrons. The molecule has 1 rings (SSSR count). The standard InChI is InChI=1S/C5H11NO3S/c1-6-3-2-5(4-6)10(7,8)9/h5H,2-4H2,1H3,(H,7,8,9). The zero-order chi connectivity index (χ0) is 7.78. The Labute approximate surface area is 60.6 Å². The molecule has 1 atom stereocenters. The van der Waals surface area contributed by atoms with Crippen molar-refractivity contribution in [2.45, 2.75) is 11.7 Å². The molecule has 1 aliphatic heterocycles. The third kappa shape index (κ3) is 1.68. The van der Waals surface area contributed by atoms with Crippen molar-refractivity contribution < 1.29 is 13.0 Å². The first-order valence-corrected chi connectivity index (χ1v) is 4.65. The zero-order valence-corrected chi connectivity index (χ0v) is 6.63. The molecule has 0 aromatic carbocycles. The van der Waals surface area contributed by atoms with Crippen LogP contribution in [-0.4, -0.2) is 43.3 Å². The van der Waals surface area contributed by atoms with Gasteiger partial charge in [0.2, 0.25) is 0 Å². The van der Waals surface area contributed by atoms with E-state index in [1.54, 1.807) is 0 Å². The first-order valence-electron chi connectivity index (χ1n) is 3.15. The van der Waals surface area contributed by atoms with E-state index >= 15 is 0 Å². The van der Waals surface area contributed by atoms with E-state index in [2.05, 4.69) is 0 Å². The van der Waals surface area contributed by atoms with Crippen molar-refractivity contribution in [3.63, 3.8) is 0 Å². The topological polar surface area (TPSA) is 57.6 Å². The Balaban J connectivity index is 2.62. The van der Waals surface area contributed by atoms with E-state index in [1.165, 1.54) is 0 Å². The van der Waals surface area contributed by atoms with Crippen LogP contribution in [0, 0.1) is 0 Å². The largest absolute Gasteiger partial charge is 0.305 e. The summed E-state index contributed by atoms with van der Waals surface area (Å²) in [6, 6.07) is 0. The summed E-state index contributed by atoms with van der Waals surface area (Å²) >= 11 is 0. The maximum Gasteiger partial charge on any atom is 0.269 e. The van der Waals surface area contributed by atoms with Crippen LogP contribution in [0.25, 0.3) is 0 Å². The van der Waals surface area contributed by atoms with Gasteiger partial charge in [-0.05, 0) is 20.0 Å². The number of hydrogen-bond acceptors (Lipinski definition) is 3. The second-order valence-corrected chi connectivity index (χ2v) is 4.38. The molecule has 1 fully saturated rings. The molecule has 0 amide bonds. The molecule has 0 radical (unpaired) electrons. The third-order valence-corrected chi connectivity index (χ3v) is 3.00. The van der Waals surface area contributed by atoms with Gasteiger partial charge >= 0.3 is 0 Å². The van der Waals surface area contributed by atoms with Crippen LogP contribution < -0.4 is 0 Å². The first-order chi connectivity index (χ1) is 4.50. The SMILES string of the molecule is CN1CCC(S(=O)(=O)O)C1. The van der Waals surface area contributed by atoms with Crippen molar-refractivity contribution in [3.05, 3.63) is 0 Å². The van der Waals surface area contributed by atoms with Crippen molar-refractivity contribution in [2.24, 2.45) is 0 Å². The molecule has 1 unspecified atom stereocenters. The van der Waals surface area contributed by atoms with Gasteiger partial charge in [-0.15, -0.1) is 0 Å². The lowest BCUT2D eigenvalue weighted by atomic mass is 10.4. The van der Waals surface area contributed by atoms with Gasteiger partial charge in [-0.1, -0.05) is 0 Å². The number of nitrogens with zero attached hydrogens (tertiary/aromatic N) is 1. The monoisotopic (exact) mass is 165 g/mol. The fourth-order valence-corrected chi connectivity index (χ4v) is 1.98. The molecule has 1 heterocycles. The third-order valence-electron chi connectivity index (χ3n) is 1.77. The summed E-state index contributed by atoms with van der Waals surface area (Å²) in [5.74, 6) is 0. The van der Waals surface area contributed by atoms with Gasteiger partial charge in [0.1, 0.15) is 5.25 Å². The lowest BCUT2D eigenvalue weighted by molar-refractivity contribution is 0.411. The van der Waals surface area contributed by atoms with Gasteiger partial charge in [0.05, 0.1) is 0 Å². The first kappa shape index (κ1) is 7.97. The number of hydrogen-bond donors (Lipinski definition) is 1. The summed E-state index contributed by atoms with van der Waals surface area (Å²) in [5.41, 5.74) is 0. The predicted octanol–water partition coefficient (Wildman–Crippen LogP) is -0.422. The molecule has 10 heavy (non-hydrogen) atoms. The van der Waals surface area contributed by atoms with E-state index in [4.69, 9.17) is 4.55 Å². The van der Waals surface area contributed by atoms with Gasteiger partial charge in [-0.25, -0.2) is 0 Å². The highest BCUT2D eigenvalue weighted by atomic mass is 32.2. The van der Waals surface area contributed by atoms with Gasteiger partial charge in [-0.2, -0.15) is 8.42 Å².